The van der Waals surface area contributed by atoms with Gasteiger partial charge >= 0.3 is 5.97 Å². The topological polar surface area (TPSA) is 66.8 Å². The number of amides is 1. The molecule has 1 aromatic carbocycles. The Kier molecular flexibility index (Phi) is 4.36. The number of thioether (sulfide) groups is 1. The number of nitrogens with zero attached hydrogens (tertiary/aromatic N) is 1. The summed E-state index contributed by atoms with van der Waals surface area (Å²) in [5.41, 5.74) is 0.410. The van der Waals surface area contributed by atoms with Crippen molar-refractivity contribution in [1.29, 1.82) is 0 Å². The Labute approximate surface area is 123 Å². The van der Waals surface area contributed by atoms with Crippen LogP contribution in [0.15, 0.2) is 22.7 Å². The van der Waals surface area contributed by atoms with Crippen LogP contribution in [0.2, 0.25) is 0 Å². The van der Waals surface area contributed by atoms with Gasteiger partial charge in [-0.05, 0) is 34.1 Å². The highest BCUT2D eigenvalue weighted by Crippen LogP contribution is 2.28. The summed E-state index contributed by atoms with van der Waals surface area (Å²) in [6.45, 7) is 0. The van der Waals surface area contributed by atoms with Crippen molar-refractivity contribution < 1.29 is 19.4 Å². The molecule has 1 saturated heterocycles. The molecule has 0 saturated carbocycles. The van der Waals surface area contributed by atoms with Gasteiger partial charge in [0, 0.05) is 10.2 Å². The molecule has 1 N–H and O–H groups in total. The molecule has 0 unspecified atom stereocenters. The highest BCUT2D eigenvalue weighted by molar-refractivity contribution is 9.10. The zero-order chi connectivity index (χ0) is 14.0. The van der Waals surface area contributed by atoms with Crippen LogP contribution in [-0.4, -0.2) is 46.7 Å². The van der Waals surface area contributed by atoms with E-state index in [1.165, 1.54) is 23.8 Å². The summed E-state index contributed by atoms with van der Waals surface area (Å²) in [6, 6.07) is 4.28. The third kappa shape index (κ3) is 2.87. The number of carbonyl (C=O) groups is 2. The van der Waals surface area contributed by atoms with Crippen molar-refractivity contribution in [3.8, 4) is 5.75 Å². The minimum atomic E-state index is -0.975. The Morgan fingerprint density at radius 3 is 2.89 bits per heavy atom. The maximum Gasteiger partial charge on any atom is 0.327 e. The smallest absolute Gasteiger partial charge is 0.327 e. The second-order valence-electron chi connectivity index (χ2n) is 3.97. The number of hydrogen-bond donors (Lipinski definition) is 1. The minimum Gasteiger partial charge on any atom is -0.497 e. The maximum atomic E-state index is 12.4. The molecule has 0 aromatic heterocycles. The fourth-order valence-corrected chi connectivity index (χ4v) is 3.36. The van der Waals surface area contributed by atoms with Crippen molar-refractivity contribution in [2.24, 2.45) is 0 Å². The van der Waals surface area contributed by atoms with Crippen LogP contribution in [0.3, 0.4) is 0 Å². The number of carbonyl (C=O) groups excluding carboxylic acids is 1. The second-order valence-corrected chi connectivity index (χ2v) is 5.83. The number of carboxylic acid groups (broad SMARTS) is 1. The summed E-state index contributed by atoms with van der Waals surface area (Å²) in [5, 5.41) is 9.11. The first-order chi connectivity index (χ1) is 9.04. The Morgan fingerprint density at radius 1 is 1.53 bits per heavy atom. The molecule has 2 rings (SSSR count). The van der Waals surface area contributed by atoms with Gasteiger partial charge < -0.3 is 14.7 Å². The number of carboxylic acids is 1. The summed E-state index contributed by atoms with van der Waals surface area (Å²) >= 11 is 4.74. The van der Waals surface area contributed by atoms with E-state index < -0.39 is 12.0 Å². The van der Waals surface area contributed by atoms with Crippen molar-refractivity contribution in [2.75, 3.05) is 18.7 Å². The SMILES string of the molecule is COc1ccc(Br)c(C(=O)N2CSC[C@H]2C(=O)O)c1. The lowest BCUT2D eigenvalue weighted by atomic mass is 10.1. The summed E-state index contributed by atoms with van der Waals surface area (Å²) in [4.78, 5) is 24.9. The highest BCUT2D eigenvalue weighted by atomic mass is 79.9. The lowest BCUT2D eigenvalue weighted by Crippen LogP contribution is -2.41. The molecule has 0 bridgehead atoms. The fourth-order valence-electron chi connectivity index (χ4n) is 1.80. The number of hydrogen-bond acceptors (Lipinski definition) is 4. The molecule has 1 aliphatic rings. The van der Waals surface area contributed by atoms with E-state index in [-0.39, 0.29) is 5.91 Å². The van der Waals surface area contributed by atoms with Gasteiger partial charge in [-0.2, -0.15) is 0 Å². The Bertz CT molecular complexity index is 522. The number of halogens is 1. The van der Waals surface area contributed by atoms with Crippen molar-refractivity contribution in [3.05, 3.63) is 28.2 Å². The van der Waals surface area contributed by atoms with Crippen LogP contribution in [0.25, 0.3) is 0 Å². The van der Waals surface area contributed by atoms with Gasteiger partial charge in [-0.1, -0.05) is 0 Å². The number of benzene rings is 1. The van der Waals surface area contributed by atoms with E-state index in [0.29, 0.717) is 27.4 Å². The van der Waals surface area contributed by atoms with Crippen molar-refractivity contribution >= 4 is 39.6 Å². The lowest BCUT2D eigenvalue weighted by Gasteiger charge is -2.21. The summed E-state index contributed by atoms with van der Waals surface area (Å²) in [5.74, 6) is 0.0908. The summed E-state index contributed by atoms with van der Waals surface area (Å²) in [7, 11) is 1.52. The van der Waals surface area contributed by atoms with Crippen LogP contribution >= 0.6 is 27.7 Å². The van der Waals surface area contributed by atoms with Gasteiger partial charge in [0.2, 0.25) is 0 Å². The molecule has 1 aliphatic heterocycles. The Morgan fingerprint density at radius 2 is 2.26 bits per heavy atom. The van der Waals surface area contributed by atoms with Gasteiger partial charge in [0.05, 0.1) is 18.6 Å². The Balaban J connectivity index is 2.31. The largest absolute Gasteiger partial charge is 0.497 e. The molecule has 19 heavy (non-hydrogen) atoms. The first kappa shape index (κ1) is 14.2. The molecule has 5 nitrogen and oxygen atoms in total. The van der Waals surface area contributed by atoms with E-state index in [1.54, 1.807) is 18.2 Å². The molecular formula is C12H12BrNO4S. The van der Waals surface area contributed by atoms with Crippen LogP contribution in [0, 0.1) is 0 Å². The zero-order valence-corrected chi connectivity index (χ0v) is 12.5. The van der Waals surface area contributed by atoms with Crippen LogP contribution in [0.5, 0.6) is 5.75 Å². The fraction of sp³-hybridized carbons (Fsp3) is 0.333. The maximum absolute atomic E-state index is 12.4. The zero-order valence-electron chi connectivity index (χ0n) is 10.1. The normalized spacial score (nSPS) is 18.4. The van der Waals surface area contributed by atoms with Gasteiger partial charge in [0.1, 0.15) is 11.8 Å². The molecule has 7 heteroatoms. The van der Waals surface area contributed by atoms with Crippen LogP contribution < -0.4 is 4.74 Å². The van der Waals surface area contributed by atoms with Gasteiger partial charge in [0.25, 0.3) is 5.91 Å². The van der Waals surface area contributed by atoms with Crippen molar-refractivity contribution in [1.82, 2.24) is 4.90 Å². The molecular weight excluding hydrogens is 334 g/mol. The van der Waals surface area contributed by atoms with Gasteiger partial charge in [0.15, 0.2) is 0 Å². The molecule has 1 amide bonds. The lowest BCUT2D eigenvalue weighted by molar-refractivity contribution is -0.140. The summed E-state index contributed by atoms with van der Waals surface area (Å²) in [6.07, 6.45) is 0. The average molecular weight is 346 g/mol. The summed E-state index contributed by atoms with van der Waals surface area (Å²) < 4.78 is 5.71. The Hall–Kier alpha value is -1.21. The van der Waals surface area contributed by atoms with E-state index >= 15 is 0 Å². The van der Waals surface area contributed by atoms with Crippen LogP contribution in [0.4, 0.5) is 0 Å². The van der Waals surface area contributed by atoms with Crippen LogP contribution in [0.1, 0.15) is 10.4 Å². The second kappa shape index (κ2) is 5.83. The monoisotopic (exact) mass is 345 g/mol. The third-order valence-corrected chi connectivity index (χ3v) is 4.54. The number of methoxy groups -OCH3 is 1. The highest BCUT2D eigenvalue weighted by Gasteiger charge is 2.35. The minimum absolute atomic E-state index is 0.303. The number of ether oxygens (including phenoxy) is 1. The molecule has 0 radical (unpaired) electrons. The number of aliphatic carboxylic acids is 1. The molecule has 0 spiro atoms. The van der Waals surface area contributed by atoms with Crippen molar-refractivity contribution in [3.63, 3.8) is 0 Å². The standard InChI is InChI=1S/C12H12BrNO4S/c1-18-7-2-3-9(13)8(4-7)11(15)14-6-19-5-10(14)12(16)17/h2-4,10H,5-6H2,1H3,(H,16,17)/t10-/m0/s1. The van der Waals surface area contributed by atoms with Crippen LogP contribution in [-0.2, 0) is 4.79 Å². The molecule has 0 aliphatic carbocycles. The van der Waals surface area contributed by atoms with E-state index in [2.05, 4.69) is 15.9 Å². The van der Waals surface area contributed by atoms with Crippen molar-refractivity contribution in [2.45, 2.75) is 6.04 Å². The predicted octanol–water partition coefficient (Wildman–Crippen LogP) is 2.06. The molecule has 102 valence electrons. The first-order valence-electron chi connectivity index (χ1n) is 5.49. The van der Waals surface area contributed by atoms with Gasteiger partial charge in [-0.3, -0.25) is 4.79 Å². The van der Waals surface area contributed by atoms with Gasteiger partial charge in [-0.25, -0.2) is 4.79 Å². The molecule has 1 aromatic rings. The van der Waals surface area contributed by atoms with E-state index in [0.717, 1.165) is 0 Å². The molecule has 1 heterocycles. The van der Waals surface area contributed by atoms with E-state index in [4.69, 9.17) is 9.84 Å². The molecule has 1 atom stereocenters. The van der Waals surface area contributed by atoms with E-state index in [1.807, 2.05) is 0 Å². The number of rotatable bonds is 3. The average Bonchev–Trinajstić information content (AvgIpc) is 2.88. The first-order valence-corrected chi connectivity index (χ1v) is 7.44. The van der Waals surface area contributed by atoms with Gasteiger partial charge in [-0.15, -0.1) is 11.8 Å². The molecule has 1 fully saturated rings. The van der Waals surface area contributed by atoms with E-state index in [9.17, 15) is 9.59 Å². The predicted molar refractivity (Wildman–Crippen MR) is 75.6 cm³/mol. The third-order valence-electron chi connectivity index (χ3n) is 2.83. The quantitative estimate of drug-likeness (QED) is 0.908.